The van der Waals surface area contributed by atoms with Gasteiger partial charge < -0.3 is 19.6 Å². The number of aliphatic hydroxyl groups excluding tert-OH is 2. The smallest absolute Gasteiger partial charge is 0.227 e. The highest BCUT2D eigenvalue weighted by atomic mass is 16.5. The topological polar surface area (TPSA) is 99.7 Å². The van der Waals surface area contributed by atoms with Crippen LogP contribution in [0.25, 0.3) is 11.4 Å². The van der Waals surface area contributed by atoms with Crippen LogP contribution in [0, 0.1) is 12.8 Å². The second kappa shape index (κ2) is 7.76. The molecule has 1 fully saturated rings. The van der Waals surface area contributed by atoms with Crippen molar-refractivity contribution in [3.05, 3.63) is 35.7 Å². The molecule has 1 saturated heterocycles. The fourth-order valence-electron chi connectivity index (χ4n) is 3.08. The molecule has 2 heterocycles. The summed E-state index contributed by atoms with van der Waals surface area (Å²) in [6, 6.07) is 7.79. The van der Waals surface area contributed by atoms with Gasteiger partial charge in [-0.2, -0.15) is 4.98 Å². The number of benzene rings is 1. The van der Waals surface area contributed by atoms with Gasteiger partial charge in [-0.15, -0.1) is 0 Å². The highest BCUT2D eigenvalue weighted by Crippen LogP contribution is 2.21. The van der Waals surface area contributed by atoms with Gasteiger partial charge in [-0.05, 0) is 18.9 Å². The van der Waals surface area contributed by atoms with E-state index in [0.29, 0.717) is 31.1 Å². The van der Waals surface area contributed by atoms with Crippen molar-refractivity contribution < 1.29 is 19.5 Å². The summed E-state index contributed by atoms with van der Waals surface area (Å²) >= 11 is 0. The minimum absolute atomic E-state index is 0.0487. The van der Waals surface area contributed by atoms with Crippen molar-refractivity contribution in [3.63, 3.8) is 0 Å². The van der Waals surface area contributed by atoms with Crippen LogP contribution in [0.4, 0.5) is 0 Å². The van der Waals surface area contributed by atoms with E-state index in [1.54, 1.807) is 4.90 Å². The lowest BCUT2D eigenvalue weighted by Gasteiger charge is -2.35. The third-order valence-electron chi connectivity index (χ3n) is 4.72. The van der Waals surface area contributed by atoms with E-state index in [1.165, 1.54) is 0 Å². The highest BCUT2D eigenvalue weighted by Gasteiger charge is 2.29. The van der Waals surface area contributed by atoms with Crippen LogP contribution < -0.4 is 0 Å². The summed E-state index contributed by atoms with van der Waals surface area (Å²) in [4.78, 5) is 18.3. The first-order valence-electron chi connectivity index (χ1n) is 8.53. The predicted molar refractivity (Wildman–Crippen MR) is 90.6 cm³/mol. The first kappa shape index (κ1) is 17.6. The number of β-amino-alcohol motifs (C(OH)–C–C–N with tert-alkyl or cyclic N) is 1. The molecular formula is C18H23N3O4. The van der Waals surface area contributed by atoms with Gasteiger partial charge in [-0.1, -0.05) is 29.4 Å². The molecule has 0 spiro atoms. The molecule has 3 rings (SSSR count). The Bertz CT molecular complexity index is 731. The van der Waals surface area contributed by atoms with Gasteiger partial charge in [0.2, 0.25) is 17.6 Å². The van der Waals surface area contributed by atoms with Crippen LogP contribution in [0.2, 0.25) is 0 Å². The fourth-order valence-corrected chi connectivity index (χ4v) is 3.08. The summed E-state index contributed by atoms with van der Waals surface area (Å²) in [7, 11) is 0. The summed E-state index contributed by atoms with van der Waals surface area (Å²) in [6.45, 7) is 2.75. The van der Waals surface area contributed by atoms with E-state index >= 15 is 0 Å². The number of likely N-dealkylation sites (tertiary alicyclic amines) is 1. The summed E-state index contributed by atoms with van der Waals surface area (Å²) in [5.74, 6) is 0.764. The summed E-state index contributed by atoms with van der Waals surface area (Å²) in [5.41, 5.74) is 1.98. The van der Waals surface area contributed by atoms with Crippen molar-refractivity contribution in [2.24, 2.45) is 5.92 Å². The normalized spacial score (nSPS) is 20.7. The van der Waals surface area contributed by atoms with Crippen molar-refractivity contribution in [1.82, 2.24) is 15.0 Å². The summed E-state index contributed by atoms with van der Waals surface area (Å²) < 4.78 is 5.25. The first-order chi connectivity index (χ1) is 12.1. The van der Waals surface area contributed by atoms with Crippen LogP contribution >= 0.6 is 0 Å². The largest absolute Gasteiger partial charge is 0.396 e. The van der Waals surface area contributed by atoms with Crippen molar-refractivity contribution in [3.8, 4) is 11.4 Å². The molecule has 2 aromatic rings. The number of amides is 1. The van der Waals surface area contributed by atoms with E-state index in [2.05, 4.69) is 10.1 Å². The lowest BCUT2D eigenvalue weighted by atomic mass is 9.94. The van der Waals surface area contributed by atoms with E-state index in [1.807, 2.05) is 31.2 Å². The Labute approximate surface area is 146 Å². The van der Waals surface area contributed by atoms with Crippen LogP contribution in [0.15, 0.2) is 28.8 Å². The molecule has 1 aliphatic rings. The van der Waals surface area contributed by atoms with Crippen LogP contribution in [0.3, 0.4) is 0 Å². The maximum absolute atomic E-state index is 12.3. The molecule has 1 aliphatic heterocycles. The van der Waals surface area contributed by atoms with Crippen LogP contribution in [0.1, 0.15) is 24.3 Å². The van der Waals surface area contributed by atoms with E-state index < -0.39 is 6.10 Å². The average Bonchev–Trinajstić information content (AvgIpc) is 3.08. The Balaban J connectivity index is 1.56. The van der Waals surface area contributed by atoms with E-state index in [4.69, 9.17) is 9.63 Å². The summed E-state index contributed by atoms with van der Waals surface area (Å²) in [5, 5.41) is 23.1. The Hall–Kier alpha value is -2.25. The molecule has 2 N–H and O–H groups in total. The molecule has 7 heteroatoms. The van der Waals surface area contributed by atoms with Gasteiger partial charge in [0, 0.05) is 44.0 Å². The molecule has 1 aromatic carbocycles. The maximum atomic E-state index is 12.3. The minimum Gasteiger partial charge on any atom is -0.396 e. The molecule has 0 bridgehead atoms. The Kier molecular flexibility index (Phi) is 5.45. The zero-order chi connectivity index (χ0) is 17.8. The monoisotopic (exact) mass is 345 g/mol. The lowest BCUT2D eigenvalue weighted by molar-refractivity contribution is -0.136. The van der Waals surface area contributed by atoms with Crippen molar-refractivity contribution in [1.29, 1.82) is 0 Å². The number of aromatic nitrogens is 2. The Morgan fingerprint density at radius 2 is 2.20 bits per heavy atom. The molecule has 1 aromatic heterocycles. The fraction of sp³-hybridized carbons (Fsp3) is 0.500. The molecule has 2 atom stereocenters. The highest BCUT2D eigenvalue weighted by molar-refractivity contribution is 5.76. The number of rotatable bonds is 5. The standard InChI is InChI=1S/C18H23N3O4/c1-12-4-2-3-5-14(12)18-19-16(25-20-18)6-7-17(24)21-9-8-13(11-22)15(23)10-21/h2-5,13,15,22-23H,6-11H2,1H3/t13-,15-/m1/s1. The Morgan fingerprint density at radius 3 is 2.92 bits per heavy atom. The van der Waals surface area contributed by atoms with Gasteiger partial charge in [0.1, 0.15) is 0 Å². The maximum Gasteiger partial charge on any atom is 0.227 e. The Morgan fingerprint density at radius 1 is 1.40 bits per heavy atom. The third kappa shape index (κ3) is 4.05. The molecule has 7 nitrogen and oxygen atoms in total. The van der Waals surface area contributed by atoms with Gasteiger partial charge >= 0.3 is 0 Å². The number of hydrogen-bond donors (Lipinski definition) is 2. The minimum atomic E-state index is -0.668. The molecule has 1 amide bonds. The number of carbonyl (C=O) groups is 1. The molecule has 134 valence electrons. The van der Waals surface area contributed by atoms with Gasteiger partial charge in [-0.25, -0.2) is 0 Å². The van der Waals surface area contributed by atoms with Crippen molar-refractivity contribution in [2.75, 3.05) is 19.7 Å². The van der Waals surface area contributed by atoms with Crippen LogP contribution in [-0.4, -0.2) is 57.0 Å². The number of aryl methyl sites for hydroxylation is 2. The molecule has 0 radical (unpaired) electrons. The molecular weight excluding hydrogens is 322 g/mol. The second-order valence-corrected chi connectivity index (χ2v) is 6.47. The molecule has 25 heavy (non-hydrogen) atoms. The van der Waals surface area contributed by atoms with Gasteiger partial charge in [0.25, 0.3) is 0 Å². The van der Waals surface area contributed by atoms with Crippen molar-refractivity contribution in [2.45, 2.75) is 32.3 Å². The van der Waals surface area contributed by atoms with E-state index in [-0.39, 0.29) is 31.4 Å². The summed E-state index contributed by atoms with van der Waals surface area (Å²) in [6.07, 6.45) is 0.569. The van der Waals surface area contributed by atoms with Crippen LogP contribution in [0.5, 0.6) is 0 Å². The first-order valence-corrected chi connectivity index (χ1v) is 8.53. The van der Waals surface area contributed by atoms with Crippen LogP contribution in [-0.2, 0) is 11.2 Å². The predicted octanol–water partition coefficient (Wildman–Crippen LogP) is 1.18. The zero-order valence-electron chi connectivity index (χ0n) is 14.3. The number of carbonyl (C=O) groups excluding carboxylic acids is 1. The molecule has 0 saturated carbocycles. The number of hydrogen-bond acceptors (Lipinski definition) is 6. The number of nitrogens with zero attached hydrogens (tertiary/aromatic N) is 3. The van der Waals surface area contributed by atoms with Gasteiger partial charge in [-0.3, -0.25) is 4.79 Å². The quantitative estimate of drug-likeness (QED) is 0.844. The number of aliphatic hydroxyl groups is 2. The van der Waals surface area contributed by atoms with E-state index in [0.717, 1.165) is 11.1 Å². The third-order valence-corrected chi connectivity index (χ3v) is 4.72. The van der Waals surface area contributed by atoms with Crippen molar-refractivity contribution >= 4 is 5.91 Å². The molecule has 0 aliphatic carbocycles. The average molecular weight is 345 g/mol. The molecule has 0 unspecified atom stereocenters. The van der Waals surface area contributed by atoms with Gasteiger partial charge in [0.05, 0.1) is 6.10 Å². The van der Waals surface area contributed by atoms with E-state index in [9.17, 15) is 9.90 Å². The zero-order valence-corrected chi connectivity index (χ0v) is 14.3. The SMILES string of the molecule is Cc1ccccc1-c1noc(CCC(=O)N2CC[C@H](CO)[C@H](O)C2)n1. The lowest BCUT2D eigenvalue weighted by Crippen LogP contribution is -2.47. The second-order valence-electron chi connectivity index (χ2n) is 6.47. The van der Waals surface area contributed by atoms with Gasteiger partial charge in [0.15, 0.2) is 0 Å². The number of piperidine rings is 1.